The van der Waals surface area contributed by atoms with Gasteiger partial charge in [-0.2, -0.15) is 0 Å². The van der Waals surface area contributed by atoms with Crippen molar-refractivity contribution in [3.63, 3.8) is 0 Å². The van der Waals surface area contributed by atoms with Crippen LogP contribution in [-0.2, 0) is 22.9 Å². The average molecular weight is 209 g/mol. The summed E-state index contributed by atoms with van der Waals surface area (Å²) in [6, 6.07) is 0. The molecular weight excluding hydrogens is 194 g/mol. The molecule has 5 nitrogen and oxygen atoms in total. The lowest BCUT2D eigenvalue weighted by atomic mass is 10.3. The molecule has 1 aromatic rings. The Kier molecular flexibility index (Phi) is 2.14. The molecule has 0 saturated heterocycles. The number of nitrogens with zero attached hydrogens (tertiary/aromatic N) is 3. The van der Waals surface area contributed by atoms with E-state index in [9.17, 15) is 0 Å². The summed E-state index contributed by atoms with van der Waals surface area (Å²) in [6.07, 6.45) is 4.61. The maximum atomic E-state index is 5.09. The van der Waals surface area contributed by atoms with E-state index in [1.54, 1.807) is 0 Å². The molecule has 0 amide bonds. The van der Waals surface area contributed by atoms with Crippen molar-refractivity contribution in [2.75, 3.05) is 18.7 Å². The molecule has 15 heavy (non-hydrogen) atoms. The first-order valence-electron chi connectivity index (χ1n) is 5.34. The fourth-order valence-electron chi connectivity index (χ4n) is 1.87. The quantitative estimate of drug-likeness (QED) is 0.685. The highest BCUT2D eigenvalue weighted by molar-refractivity contribution is 5.43. The van der Waals surface area contributed by atoms with Crippen LogP contribution in [0.2, 0.25) is 0 Å². The van der Waals surface area contributed by atoms with E-state index in [0.29, 0.717) is 13.3 Å². The van der Waals surface area contributed by atoms with E-state index in [0.717, 1.165) is 24.0 Å². The zero-order chi connectivity index (χ0) is 10.3. The molecule has 5 heteroatoms. The number of aromatic nitrogens is 2. The molecule has 1 aromatic heterocycles. The van der Waals surface area contributed by atoms with Crippen LogP contribution in [-0.4, -0.2) is 23.3 Å². The molecule has 1 aliphatic carbocycles. The molecule has 2 heterocycles. The molecule has 0 radical (unpaired) electrons. The summed E-state index contributed by atoms with van der Waals surface area (Å²) in [4.78, 5) is 16.5. The van der Waals surface area contributed by atoms with Crippen molar-refractivity contribution >= 4 is 5.82 Å². The number of fused-ring (bicyclic) bond motifs is 1. The van der Waals surface area contributed by atoms with Crippen LogP contribution in [0.1, 0.15) is 18.5 Å². The van der Waals surface area contributed by atoms with Crippen LogP contribution in [0, 0.1) is 5.92 Å². The van der Waals surface area contributed by atoms with Crippen LogP contribution in [0.4, 0.5) is 5.82 Å². The standard InChI is InChI=1S/C10H15N3O2/c1-12-7-15-14-5-9-10(12)11-6-13(9)4-8-2-3-8/h6,8H,2-5,7H2,1H3. The predicted octanol–water partition coefficient (Wildman–Crippen LogP) is 1.15. The molecule has 0 atom stereocenters. The van der Waals surface area contributed by atoms with Gasteiger partial charge in [-0.3, -0.25) is 0 Å². The van der Waals surface area contributed by atoms with Crippen LogP contribution in [0.5, 0.6) is 0 Å². The smallest absolute Gasteiger partial charge is 0.155 e. The van der Waals surface area contributed by atoms with Crippen molar-refractivity contribution in [2.45, 2.75) is 26.0 Å². The maximum Gasteiger partial charge on any atom is 0.155 e. The van der Waals surface area contributed by atoms with E-state index in [4.69, 9.17) is 9.78 Å². The highest BCUT2D eigenvalue weighted by Gasteiger charge is 2.25. The average Bonchev–Trinajstić information content (AvgIpc) is 2.96. The molecule has 82 valence electrons. The Morgan fingerprint density at radius 1 is 1.47 bits per heavy atom. The molecule has 2 aliphatic rings. The van der Waals surface area contributed by atoms with Gasteiger partial charge in [0.2, 0.25) is 0 Å². The van der Waals surface area contributed by atoms with Crippen molar-refractivity contribution in [1.29, 1.82) is 0 Å². The van der Waals surface area contributed by atoms with E-state index in [1.807, 2.05) is 18.3 Å². The number of anilines is 1. The van der Waals surface area contributed by atoms with Crippen LogP contribution in [0.25, 0.3) is 0 Å². The zero-order valence-electron chi connectivity index (χ0n) is 8.85. The second-order valence-corrected chi connectivity index (χ2v) is 4.32. The fraction of sp³-hybridized carbons (Fsp3) is 0.700. The van der Waals surface area contributed by atoms with E-state index in [1.165, 1.54) is 12.8 Å². The number of imidazole rings is 1. The molecule has 0 N–H and O–H groups in total. The minimum absolute atomic E-state index is 0.438. The van der Waals surface area contributed by atoms with Gasteiger partial charge in [0.25, 0.3) is 0 Å². The minimum atomic E-state index is 0.438. The van der Waals surface area contributed by atoms with Crippen molar-refractivity contribution < 1.29 is 9.78 Å². The highest BCUT2D eigenvalue weighted by atomic mass is 17.2. The van der Waals surface area contributed by atoms with E-state index >= 15 is 0 Å². The van der Waals surface area contributed by atoms with E-state index < -0.39 is 0 Å². The molecule has 0 aromatic carbocycles. The Balaban J connectivity index is 1.88. The van der Waals surface area contributed by atoms with Gasteiger partial charge in [-0.25, -0.2) is 14.8 Å². The Labute approximate surface area is 88.5 Å². The van der Waals surface area contributed by atoms with Gasteiger partial charge in [0.05, 0.1) is 12.0 Å². The third-order valence-electron chi connectivity index (χ3n) is 2.96. The molecule has 1 aliphatic heterocycles. The van der Waals surface area contributed by atoms with Gasteiger partial charge in [0, 0.05) is 13.6 Å². The largest absolute Gasteiger partial charge is 0.332 e. The fourth-order valence-corrected chi connectivity index (χ4v) is 1.87. The molecule has 3 rings (SSSR count). The third-order valence-corrected chi connectivity index (χ3v) is 2.96. The second-order valence-electron chi connectivity index (χ2n) is 4.32. The predicted molar refractivity (Wildman–Crippen MR) is 54.1 cm³/mol. The molecular formula is C10H15N3O2. The number of hydrogen-bond donors (Lipinski definition) is 0. The molecule has 0 bridgehead atoms. The van der Waals surface area contributed by atoms with Gasteiger partial charge >= 0.3 is 0 Å². The number of rotatable bonds is 2. The first-order chi connectivity index (χ1) is 7.34. The Morgan fingerprint density at radius 2 is 2.33 bits per heavy atom. The Morgan fingerprint density at radius 3 is 3.13 bits per heavy atom. The van der Waals surface area contributed by atoms with E-state index in [2.05, 4.69) is 9.55 Å². The Bertz CT molecular complexity index is 360. The highest BCUT2D eigenvalue weighted by Crippen LogP contribution is 2.32. The lowest BCUT2D eigenvalue weighted by Crippen LogP contribution is -2.19. The van der Waals surface area contributed by atoms with Gasteiger partial charge in [-0.1, -0.05) is 0 Å². The van der Waals surface area contributed by atoms with Gasteiger partial charge in [-0.05, 0) is 18.8 Å². The first-order valence-corrected chi connectivity index (χ1v) is 5.34. The third kappa shape index (κ3) is 1.72. The molecule has 0 spiro atoms. The van der Waals surface area contributed by atoms with Crippen molar-refractivity contribution in [3.8, 4) is 0 Å². The Hall–Kier alpha value is -1.07. The maximum absolute atomic E-state index is 5.09. The first kappa shape index (κ1) is 9.18. The van der Waals surface area contributed by atoms with Crippen LogP contribution in [0.15, 0.2) is 6.33 Å². The lowest BCUT2D eigenvalue weighted by molar-refractivity contribution is -0.300. The second kappa shape index (κ2) is 3.50. The summed E-state index contributed by atoms with van der Waals surface area (Å²) in [5.41, 5.74) is 1.13. The minimum Gasteiger partial charge on any atom is -0.332 e. The van der Waals surface area contributed by atoms with Gasteiger partial charge in [-0.15, -0.1) is 0 Å². The molecule has 0 unspecified atom stereocenters. The van der Waals surface area contributed by atoms with Gasteiger partial charge < -0.3 is 9.47 Å². The topological polar surface area (TPSA) is 39.5 Å². The summed E-state index contributed by atoms with van der Waals surface area (Å²) in [5.74, 6) is 1.82. The summed E-state index contributed by atoms with van der Waals surface area (Å²) < 4.78 is 2.19. The zero-order valence-corrected chi connectivity index (χ0v) is 8.85. The van der Waals surface area contributed by atoms with Crippen LogP contribution in [0.3, 0.4) is 0 Å². The van der Waals surface area contributed by atoms with Crippen molar-refractivity contribution in [3.05, 3.63) is 12.0 Å². The normalized spacial score (nSPS) is 21.3. The SMILES string of the molecule is CN1COOCc2c1ncn2CC1CC1. The monoisotopic (exact) mass is 209 g/mol. The summed E-state index contributed by atoms with van der Waals surface area (Å²) in [7, 11) is 1.96. The lowest BCUT2D eigenvalue weighted by Gasteiger charge is -2.12. The molecule has 1 fully saturated rings. The molecule has 1 saturated carbocycles. The van der Waals surface area contributed by atoms with Gasteiger partial charge in [0.15, 0.2) is 12.5 Å². The van der Waals surface area contributed by atoms with E-state index in [-0.39, 0.29) is 0 Å². The van der Waals surface area contributed by atoms with Crippen LogP contribution < -0.4 is 4.90 Å². The van der Waals surface area contributed by atoms with Crippen molar-refractivity contribution in [2.24, 2.45) is 5.92 Å². The summed E-state index contributed by atoms with van der Waals surface area (Å²) in [6.45, 7) is 2.00. The number of hydrogen-bond acceptors (Lipinski definition) is 4. The van der Waals surface area contributed by atoms with Crippen molar-refractivity contribution in [1.82, 2.24) is 9.55 Å². The summed E-state index contributed by atoms with van der Waals surface area (Å²) >= 11 is 0. The van der Waals surface area contributed by atoms with Crippen LogP contribution >= 0.6 is 0 Å². The summed E-state index contributed by atoms with van der Waals surface area (Å²) in [5, 5.41) is 0. The van der Waals surface area contributed by atoms with Gasteiger partial charge in [0.1, 0.15) is 6.61 Å².